The lowest BCUT2D eigenvalue weighted by Gasteiger charge is -2.39. The van der Waals surface area contributed by atoms with Crippen LogP contribution in [0.1, 0.15) is 51.5 Å². The lowest BCUT2D eigenvalue weighted by atomic mass is 9.63. The van der Waals surface area contributed by atoms with Crippen molar-refractivity contribution in [3.8, 4) is 0 Å². The number of fused-ring (bicyclic) bond motifs is 7. The number of hydrogen-bond donors (Lipinski definition) is 0. The van der Waals surface area contributed by atoms with Crippen LogP contribution < -0.4 is 4.90 Å². The highest BCUT2D eigenvalue weighted by atomic mass is 16.3. The van der Waals surface area contributed by atoms with E-state index in [0.717, 1.165) is 28.7 Å². The molecule has 2 heteroatoms. The standard InChI is InChI=1S/C58H45NO/c1-3-4-27-56-39(2)52-36-41(30-35-57(52)60-56)40-28-31-45(32-29-40)59(55-37-42-17-11-12-22-47(42)48-23-13-14-25-51(48)55)46-33-34-50-49-24-15-16-26-53(49)58(54(50)38-46,43-18-7-5-8-19-43)44-20-9-6-10-21-44/h3-31,33-38,45,49,53H,1,32H2,2H3/b27-4-/t45-,49?,53?/m0/s1. The summed E-state index contributed by atoms with van der Waals surface area (Å²) >= 11 is 0. The van der Waals surface area contributed by atoms with Crippen molar-refractivity contribution in [2.45, 2.75) is 30.7 Å². The highest BCUT2D eigenvalue weighted by Crippen LogP contribution is 2.60. The third-order valence-electron chi connectivity index (χ3n) is 13.3. The van der Waals surface area contributed by atoms with E-state index >= 15 is 0 Å². The summed E-state index contributed by atoms with van der Waals surface area (Å²) in [6, 6.07) is 56.6. The predicted molar refractivity (Wildman–Crippen MR) is 253 cm³/mol. The van der Waals surface area contributed by atoms with E-state index in [-0.39, 0.29) is 23.3 Å². The molecule has 0 N–H and O–H groups in total. The van der Waals surface area contributed by atoms with Gasteiger partial charge in [0.2, 0.25) is 0 Å². The number of aryl methyl sites for hydroxylation is 1. The maximum atomic E-state index is 6.20. The van der Waals surface area contributed by atoms with Crippen molar-refractivity contribution in [1.29, 1.82) is 0 Å². The fraction of sp³-hybridized carbons (Fsp3) is 0.103. The van der Waals surface area contributed by atoms with Gasteiger partial charge >= 0.3 is 0 Å². The summed E-state index contributed by atoms with van der Waals surface area (Å²) in [4.78, 5) is 2.62. The number of allylic oxidation sites excluding steroid dienone is 8. The fourth-order valence-electron chi connectivity index (χ4n) is 10.6. The van der Waals surface area contributed by atoms with Crippen molar-refractivity contribution < 1.29 is 4.42 Å². The summed E-state index contributed by atoms with van der Waals surface area (Å²) in [6.07, 6.45) is 23.1. The van der Waals surface area contributed by atoms with Crippen molar-refractivity contribution in [3.05, 3.63) is 252 Å². The molecular weight excluding hydrogens is 727 g/mol. The second-order valence-corrected chi connectivity index (χ2v) is 16.4. The van der Waals surface area contributed by atoms with Gasteiger partial charge in [-0.15, -0.1) is 0 Å². The third-order valence-corrected chi connectivity index (χ3v) is 13.3. The molecule has 3 atom stereocenters. The normalized spacial score (nSPS) is 18.9. The second kappa shape index (κ2) is 14.6. The van der Waals surface area contributed by atoms with Crippen LogP contribution in [0.4, 0.5) is 11.4 Å². The van der Waals surface area contributed by atoms with E-state index in [2.05, 4.69) is 213 Å². The summed E-state index contributed by atoms with van der Waals surface area (Å²) in [5, 5.41) is 6.17. The highest BCUT2D eigenvalue weighted by molar-refractivity contribution is 6.14. The minimum absolute atomic E-state index is 0.0673. The zero-order valence-corrected chi connectivity index (χ0v) is 33.7. The van der Waals surface area contributed by atoms with Gasteiger partial charge in [0.25, 0.3) is 0 Å². The maximum Gasteiger partial charge on any atom is 0.135 e. The van der Waals surface area contributed by atoms with Gasteiger partial charge in [0, 0.05) is 33.9 Å². The highest BCUT2D eigenvalue weighted by Gasteiger charge is 2.53. The lowest BCUT2D eigenvalue weighted by molar-refractivity contribution is 0.456. The first-order chi connectivity index (χ1) is 29.6. The number of hydrogen-bond acceptors (Lipinski definition) is 2. The van der Waals surface area contributed by atoms with E-state index in [4.69, 9.17) is 4.42 Å². The van der Waals surface area contributed by atoms with Crippen LogP contribution in [-0.4, -0.2) is 6.04 Å². The molecule has 1 aromatic heterocycles. The maximum absolute atomic E-state index is 6.20. The van der Waals surface area contributed by atoms with Crippen LogP contribution in [0.2, 0.25) is 0 Å². The number of nitrogens with zero attached hydrogens (tertiary/aromatic N) is 1. The van der Waals surface area contributed by atoms with Crippen molar-refractivity contribution in [2.75, 3.05) is 4.90 Å². The third kappa shape index (κ3) is 5.62. The molecule has 0 fully saturated rings. The van der Waals surface area contributed by atoms with E-state index in [1.165, 1.54) is 66.3 Å². The number of furan rings is 1. The first-order valence-corrected chi connectivity index (χ1v) is 21.1. The molecule has 0 aliphatic heterocycles. The Balaban J connectivity index is 1.10. The summed E-state index contributed by atoms with van der Waals surface area (Å²) in [6.45, 7) is 5.96. The van der Waals surface area contributed by atoms with Crippen LogP contribution in [0.3, 0.4) is 0 Å². The number of benzene rings is 7. The minimum Gasteiger partial charge on any atom is -0.456 e. The molecule has 2 nitrogen and oxygen atoms in total. The Morgan fingerprint density at radius 2 is 1.40 bits per heavy atom. The summed E-state index contributed by atoms with van der Waals surface area (Å²) < 4.78 is 6.20. The molecule has 8 aromatic rings. The molecule has 11 rings (SSSR count). The van der Waals surface area contributed by atoms with Crippen LogP contribution in [0.25, 0.3) is 44.2 Å². The molecule has 3 aliphatic carbocycles. The lowest BCUT2D eigenvalue weighted by Crippen LogP contribution is -2.35. The molecule has 2 unspecified atom stereocenters. The Hall–Kier alpha value is -7.16. The Kier molecular flexibility index (Phi) is 8.74. The van der Waals surface area contributed by atoms with E-state index in [9.17, 15) is 0 Å². The first kappa shape index (κ1) is 36.0. The Labute approximate surface area is 352 Å². The number of anilines is 2. The molecule has 3 aliphatic rings. The van der Waals surface area contributed by atoms with Gasteiger partial charge in [-0.05, 0) is 99.3 Å². The molecule has 288 valence electrons. The topological polar surface area (TPSA) is 16.4 Å². The van der Waals surface area contributed by atoms with Crippen molar-refractivity contribution in [2.24, 2.45) is 5.92 Å². The predicted octanol–water partition coefficient (Wildman–Crippen LogP) is 15.0. The molecule has 0 spiro atoms. The molecule has 0 saturated carbocycles. The van der Waals surface area contributed by atoms with Gasteiger partial charge in [-0.3, -0.25) is 0 Å². The summed E-state index contributed by atoms with van der Waals surface area (Å²) in [5.41, 5.74) is 11.9. The van der Waals surface area contributed by atoms with E-state index in [1.807, 2.05) is 12.2 Å². The minimum atomic E-state index is -0.377. The van der Waals surface area contributed by atoms with E-state index < -0.39 is 0 Å². The molecule has 60 heavy (non-hydrogen) atoms. The molecule has 0 radical (unpaired) electrons. The van der Waals surface area contributed by atoms with Crippen LogP contribution in [-0.2, 0) is 5.41 Å². The molecule has 0 amide bonds. The van der Waals surface area contributed by atoms with Crippen molar-refractivity contribution in [3.63, 3.8) is 0 Å². The molecule has 1 heterocycles. The SMILES string of the molecule is C=C/C=C\c1oc2ccc(C3=CC[C@@H](N(c4ccc5c(c4)C(c4ccccc4)(c4ccccc4)C4C=CC=CC54)c4cc5ccccc5c5ccccc45)C=C3)cc2c1C. The molecular formula is C58H45NO. The van der Waals surface area contributed by atoms with Crippen LogP contribution in [0.15, 0.2) is 217 Å². The van der Waals surface area contributed by atoms with E-state index in [0.29, 0.717) is 0 Å². The monoisotopic (exact) mass is 771 g/mol. The molecule has 0 bridgehead atoms. The number of rotatable bonds is 8. The van der Waals surface area contributed by atoms with Gasteiger partial charge in [-0.2, -0.15) is 0 Å². The van der Waals surface area contributed by atoms with Gasteiger partial charge < -0.3 is 9.32 Å². The first-order valence-electron chi connectivity index (χ1n) is 21.1. The van der Waals surface area contributed by atoms with Gasteiger partial charge in [0.15, 0.2) is 0 Å². The van der Waals surface area contributed by atoms with Gasteiger partial charge in [0.1, 0.15) is 11.3 Å². The zero-order valence-electron chi connectivity index (χ0n) is 33.7. The van der Waals surface area contributed by atoms with Crippen molar-refractivity contribution in [1.82, 2.24) is 0 Å². The Bertz CT molecular complexity index is 3080. The Morgan fingerprint density at radius 3 is 2.15 bits per heavy atom. The second-order valence-electron chi connectivity index (χ2n) is 16.4. The quantitative estimate of drug-likeness (QED) is 0.113. The van der Waals surface area contributed by atoms with E-state index in [1.54, 1.807) is 6.08 Å². The average Bonchev–Trinajstić information content (AvgIpc) is 3.80. The smallest absolute Gasteiger partial charge is 0.135 e. The summed E-state index contributed by atoms with van der Waals surface area (Å²) in [7, 11) is 0. The summed E-state index contributed by atoms with van der Waals surface area (Å²) in [5.74, 6) is 1.37. The average molecular weight is 772 g/mol. The fourth-order valence-corrected chi connectivity index (χ4v) is 10.6. The van der Waals surface area contributed by atoms with Gasteiger partial charge in [-0.25, -0.2) is 0 Å². The van der Waals surface area contributed by atoms with Gasteiger partial charge in [0.05, 0.1) is 17.1 Å². The molecule has 7 aromatic carbocycles. The van der Waals surface area contributed by atoms with Crippen molar-refractivity contribution >= 4 is 55.5 Å². The van der Waals surface area contributed by atoms with Crippen LogP contribution >= 0.6 is 0 Å². The zero-order chi connectivity index (χ0) is 40.2. The van der Waals surface area contributed by atoms with Gasteiger partial charge in [-0.1, -0.05) is 183 Å². The Morgan fingerprint density at radius 1 is 0.683 bits per heavy atom. The van der Waals surface area contributed by atoms with Crippen LogP contribution in [0, 0.1) is 12.8 Å². The largest absolute Gasteiger partial charge is 0.456 e. The molecule has 0 saturated heterocycles. The van der Waals surface area contributed by atoms with Crippen LogP contribution in [0.5, 0.6) is 0 Å².